The van der Waals surface area contributed by atoms with Crippen molar-refractivity contribution in [3.05, 3.63) is 22.8 Å². The Balaban J connectivity index is 2.57. The summed E-state index contributed by atoms with van der Waals surface area (Å²) in [5.41, 5.74) is 3.06. The summed E-state index contributed by atoms with van der Waals surface area (Å²) in [6, 6.07) is 1.95. The molecule has 6 nitrogen and oxygen atoms in total. The molecule has 0 radical (unpaired) electrons. The minimum atomic E-state index is 0.198. The highest BCUT2D eigenvalue weighted by molar-refractivity contribution is 5.52. The topological polar surface area (TPSA) is 55.4 Å². The summed E-state index contributed by atoms with van der Waals surface area (Å²) >= 11 is 0. The fourth-order valence-corrected chi connectivity index (χ4v) is 2.00. The van der Waals surface area contributed by atoms with Gasteiger partial charge in [-0.1, -0.05) is 0 Å². The number of benzene rings is 1. The molecule has 0 amide bonds. The molecule has 0 bridgehead atoms. The second-order valence-electron chi connectivity index (χ2n) is 5.10. The molecule has 0 heterocycles. The number of hydrogen-bond donors (Lipinski definition) is 0. The van der Waals surface area contributed by atoms with Crippen LogP contribution in [-0.2, 0) is 18.9 Å². The quantitative estimate of drug-likeness (QED) is 0.434. The van der Waals surface area contributed by atoms with Gasteiger partial charge in [-0.25, -0.2) is 0 Å². The lowest BCUT2D eigenvalue weighted by molar-refractivity contribution is -0.0108. The Hall–Kier alpha value is -1.34. The van der Waals surface area contributed by atoms with Gasteiger partial charge in [0.15, 0.2) is 13.6 Å². The zero-order valence-corrected chi connectivity index (χ0v) is 14.8. The molecular weight excluding hydrogens is 300 g/mol. The minimum Gasteiger partial charge on any atom is -0.467 e. The van der Waals surface area contributed by atoms with Gasteiger partial charge in [0, 0.05) is 14.2 Å². The van der Waals surface area contributed by atoms with Crippen molar-refractivity contribution in [2.75, 3.05) is 54.2 Å². The van der Waals surface area contributed by atoms with Gasteiger partial charge in [0.1, 0.15) is 11.5 Å². The lowest BCUT2D eigenvalue weighted by atomic mass is 10.0. The monoisotopic (exact) mass is 328 g/mol. The normalized spacial score (nSPS) is 10.8. The smallest absolute Gasteiger partial charge is 0.189 e. The van der Waals surface area contributed by atoms with E-state index in [2.05, 4.69) is 0 Å². The van der Waals surface area contributed by atoms with Crippen LogP contribution in [0.4, 0.5) is 0 Å². The molecule has 6 heteroatoms. The lowest BCUT2D eigenvalue weighted by Gasteiger charge is -2.18. The number of aryl methyl sites for hydroxylation is 1. The predicted octanol–water partition coefficient (Wildman–Crippen LogP) is 2.61. The summed E-state index contributed by atoms with van der Waals surface area (Å²) in [5.74, 6) is 1.62. The van der Waals surface area contributed by atoms with Gasteiger partial charge in [0.25, 0.3) is 0 Å². The van der Waals surface area contributed by atoms with Gasteiger partial charge in [-0.3, -0.25) is 0 Å². The first kappa shape index (κ1) is 19.7. The first-order valence-corrected chi connectivity index (χ1v) is 7.61. The average Bonchev–Trinajstić information content (AvgIpc) is 2.54. The molecule has 0 aliphatic rings. The highest BCUT2D eigenvalue weighted by atomic mass is 16.7. The molecule has 0 aliphatic carbocycles. The fraction of sp³-hybridized carbons (Fsp3) is 0.647. The number of methoxy groups -OCH3 is 2. The van der Waals surface area contributed by atoms with Gasteiger partial charge >= 0.3 is 0 Å². The van der Waals surface area contributed by atoms with Crippen LogP contribution in [0.5, 0.6) is 11.5 Å². The maximum absolute atomic E-state index is 5.73. The highest BCUT2D eigenvalue weighted by Gasteiger charge is 2.12. The van der Waals surface area contributed by atoms with E-state index in [1.165, 1.54) is 0 Å². The third-order valence-corrected chi connectivity index (χ3v) is 3.43. The van der Waals surface area contributed by atoms with Crippen LogP contribution in [0.15, 0.2) is 6.07 Å². The van der Waals surface area contributed by atoms with Gasteiger partial charge in [0.05, 0.1) is 26.4 Å². The van der Waals surface area contributed by atoms with Crippen LogP contribution in [0.2, 0.25) is 0 Å². The highest BCUT2D eigenvalue weighted by Crippen LogP contribution is 2.33. The average molecular weight is 328 g/mol. The van der Waals surface area contributed by atoms with Crippen LogP contribution in [0.3, 0.4) is 0 Å². The zero-order valence-electron chi connectivity index (χ0n) is 14.8. The van der Waals surface area contributed by atoms with Gasteiger partial charge < -0.3 is 28.4 Å². The molecule has 0 N–H and O–H groups in total. The Morgan fingerprint density at radius 2 is 1.30 bits per heavy atom. The SMILES string of the molecule is COCCOCOc1cc(C)c(OCOCCOC)c(C)c1C. The van der Waals surface area contributed by atoms with E-state index in [1.807, 2.05) is 26.8 Å². The third-order valence-electron chi connectivity index (χ3n) is 3.43. The molecule has 0 unspecified atom stereocenters. The molecule has 0 atom stereocenters. The van der Waals surface area contributed by atoms with Crippen molar-refractivity contribution in [2.24, 2.45) is 0 Å². The number of ether oxygens (including phenoxy) is 6. The van der Waals surface area contributed by atoms with Crippen molar-refractivity contribution in [3.63, 3.8) is 0 Å². The fourth-order valence-electron chi connectivity index (χ4n) is 2.00. The van der Waals surface area contributed by atoms with Crippen molar-refractivity contribution in [1.82, 2.24) is 0 Å². The van der Waals surface area contributed by atoms with Crippen molar-refractivity contribution >= 4 is 0 Å². The van der Waals surface area contributed by atoms with Crippen molar-refractivity contribution in [2.45, 2.75) is 20.8 Å². The van der Waals surface area contributed by atoms with Gasteiger partial charge in [-0.15, -0.1) is 0 Å². The van der Waals surface area contributed by atoms with E-state index in [4.69, 9.17) is 28.4 Å². The van der Waals surface area contributed by atoms with E-state index in [0.717, 1.165) is 28.2 Å². The molecule has 1 aromatic rings. The summed E-state index contributed by atoms with van der Waals surface area (Å²) in [4.78, 5) is 0. The molecule has 1 aromatic carbocycles. The Kier molecular flexibility index (Phi) is 9.63. The zero-order chi connectivity index (χ0) is 17.1. The Morgan fingerprint density at radius 3 is 1.87 bits per heavy atom. The van der Waals surface area contributed by atoms with Crippen LogP contribution in [0, 0.1) is 20.8 Å². The van der Waals surface area contributed by atoms with Crippen LogP contribution >= 0.6 is 0 Å². The molecule has 0 aromatic heterocycles. The van der Waals surface area contributed by atoms with E-state index in [9.17, 15) is 0 Å². The molecule has 0 fully saturated rings. The molecule has 1 rings (SSSR count). The Bertz CT molecular complexity index is 461. The number of hydrogen-bond acceptors (Lipinski definition) is 6. The first-order valence-electron chi connectivity index (χ1n) is 7.61. The summed E-state index contributed by atoms with van der Waals surface area (Å²) in [5, 5.41) is 0. The molecule has 0 spiro atoms. The summed E-state index contributed by atoms with van der Waals surface area (Å²) in [6.45, 7) is 8.50. The van der Waals surface area contributed by atoms with Crippen LogP contribution in [0.25, 0.3) is 0 Å². The third kappa shape index (κ3) is 6.74. The molecule has 0 aliphatic heterocycles. The minimum absolute atomic E-state index is 0.198. The van der Waals surface area contributed by atoms with E-state index >= 15 is 0 Å². The first-order chi connectivity index (χ1) is 11.1. The summed E-state index contributed by atoms with van der Waals surface area (Å²) < 4.78 is 31.9. The summed E-state index contributed by atoms with van der Waals surface area (Å²) in [6.07, 6.45) is 0. The van der Waals surface area contributed by atoms with Crippen molar-refractivity contribution in [3.8, 4) is 11.5 Å². The lowest BCUT2D eigenvalue weighted by Crippen LogP contribution is -2.11. The summed E-state index contributed by atoms with van der Waals surface area (Å²) in [7, 11) is 3.28. The van der Waals surface area contributed by atoms with Crippen LogP contribution < -0.4 is 9.47 Å². The van der Waals surface area contributed by atoms with Crippen LogP contribution in [-0.4, -0.2) is 54.2 Å². The number of rotatable bonds is 12. The maximum Gasteiger partial charge on any atom is 0.189 e. The second kappa shape index (κ2) is 11.2. The molecule has 23 heavy (non-hydrogen) atoms. The Labute approximate surface area is 138 Å². The van der Waals surface area contributed by atoms with E-state index in [-0.39, 0.29) is 13.6 Å². The van der Waals surface area contributed by atoms with E-state index < -0.39 is 0 Å². The molecule has 132 valence electrons. The predicted molar refractivity (Wildman–Crippen MR) is 87.3 cm³/mol. The van der Waals surface area contributed by atoms with Crippen molar-refractivity contribution < 1.29 is 28.4 Å². The van der Waals surface area contributed by atoms with E-state index in [0.29, 0.717) is 26.4 Å². The standard InChI is InChI=1S/C17H28O6/c1-13-10-16(22-11-20-8-6-18-4)14(2)15(3)17(13)23-12-21-9-7-19-5/h10H,6-9,11-12H2,1-5H3. The maximum atomic E-state index is 5.73. The largest absolute Gasteiger partial charge is 0.467 e. The van der Waals surface area contributed by atoms with Gasteiger partial charge in [-0.2, -0.15) is 0 Å². The Morgan fingerprint density at radius 1 is 0.739 bits per heavy atom. The van der Waals surface area contributed by atoms with Crippen molar-refractivity contribution in [1.29, 1.82) is 0 Å². The molecular formula is C17H28O6. The van der Waals surface area contributed by atoms with Gasteiger partial charge in [-0.05, 0) is 43.5 Å². The van der Waals surface area contributed by atoms with E-state index in [1.54, 1.807) is 14.2 Å². The molecule has 0 saturated carbocycles. The molecule has 0 saturated heterocycles. The van der Waals surface area contributed by atoms with Gasteiger partial charge in [0.2, 0.25) is 0 Å². The van der Waals surface area contributed by atoms with Crippen LogP contribution in [0.1, 0.15) is 16.7 Å². The second-order valence-corrected chi connectivity index (χ2v) is 5.10.